The van der Waals surface area contributed by atoms with E-state index in [-0.39, 0.29) is 36.1 Å². The first kappa shape index (κ1) is 19.8. The highest BCUT2D eigenvalue weighted by Gasteiger charge is 2.27. The van der Waals surface area contributed by atoms with Crippen molar-refractivity contribution in [1.29, 1.82) is 0 Å². The van der Waals surface area contributed by atoms with Crippen molar-refractivity contribution in [1.82, 2.24) is 15.1 Å². The van der Waals surface area contributed by atoms with Crippen LogP contribution >= 0.6 is 12.4 Å². The van der Waals surface area contributed by atoms with Crippen molar-refractivity contribution in [2.45, 2.75) is 18.9 Å². The zero-order valence-electron chi connectivity index (χ0n) is 12.6. The minimum Gasteiger partial charge on any atom is -0.350 e. The molecule has 1 heterocycles. The number of nitrogens with one attached hydrogen (secondary N) is 2. The first-order valence-electron chi connectivity index (χ1n) is 6.90. The number of aromatic amines is 1. The van der Waals surface area contributed by atoms with Crippen LogP contribution in [0.5, 0.6) is 0 Å². The first-order valence-corrected chi connectivity index (χ1v) is 6.90. The van der Waals surface area contributed by atoms with Crippen molar-refractivity contribution in [2.24, 2.45) is 5.73 Å². The lowest BCUT2D eigenvalue weighted by Crippen LogP contribution is -2.42. The van der Waals surface area contributed by atoms with Crippen molar-refractivity contribution >= 4 is 29.1 Å². The average Bonchev–Trinajstić information content (AvgIpc) is 2.55. The summed E-state index contributed by atoms with van der Waals surface area (Å²) in [6.45, 7) is -1.87. The van der Waals surface area contributed by atoms with E-state index in [1.54, 1.807) is 12.1 Å². The maximum atomic E-state index is 12.9. The fraction of sp³-hybridized carbons (Fsp3) is 0.357. The van der Waals surface area contributed by atoms with Crippen LogP contribution in [0.15, 0.2) is 33.9 Å². The minimum absolute atomic E-state index is 0. The lowest BCUT2D eigenvalue weighted by Gasteiger charge is -2.14. The third-order valence-electron chi connectivity index (χ3n) is 3.29. The molecule has 0 spiro atoms. The largest absolute Gasteiger partial charge is 0.350 e. The van der Waals surface area contributed by atoms with E-state index in [9.17, 15) is 23.2 Å². The maximum absolute atomic E-state index is 12.9. The molecule has 1 aromatic carbocycles. The number of H-pyrrole nitrogens is 1. The molecular weight excluding hydrogens is 346 g/mol. The maximum Gasteiger partial charge on any atom is 0.277 e. The van der Waals surface area contributed by atoms with Crippen molar-refractivity contribution < 1.29 is 13.6 Å². The number of alkyl halides is 2. The van der Waals surface area contributed by atoms with Gasteiger partial charge in [0.15, 0.2) is 0 Å². The second-order valence-electron chi connectivity index (χ2n) is 5.03. The van der Waals surface area contributed by atoms with Gasteiger partial charge >= 0.3 is 0 Å². The van der Waals surface area contributed by atoms with Crippen LogP contribution < -0.4 is 22.2 Å². The Labute approximate surface area is 141 Å². The molecule has 4 N–H and O–H groups in total. The Balaban J connectivity index is 0.00000288. The van der Waals surface area contributed by atoms with Gasteiger partial charge in [0.25, 0.3) is 17.0 Å². The Morgan fingerprint density at radius 3 is 2.50 bits per heavy atom. The summed E-state index contributed by atoms with van der Waals surface area (Å²) in [5.41, 5.74) is 3.94. The molecule has 0 atom stereocenters. The molecule has 0 unspecified atom stereocenters. The summed E-state index contributed by atoms with van der Waals surface area (Å²) in [6.07, 6.45) is -0.227. The number of hydrogen-bond acceptors (Lipinski definition) is 4. The zero-order valence-corrected chi connectivity index (χ0v) is 13.4. The van der Waals surface area contributed by atoms with Crippen LogP contribution in [0.1, 0.15) is 6.42 Å². The summed E-state index contributed by atoms with van der Waals surface area (Å²) in [4.78, 5) is 35.6. The zero-order chi connectivity index (χ0) is 17.0. The van der Waals surface area contributed by atoms with Gasteiger partial charge in [0.05, 0.1) is 30.4 Å². The predicted octanol–water partition coefficient (Wildman–Crippen LogP) is 0.212. The molecule has 1 aromatic heterocycles. The molecule has 2 rings (SSSR count). The molecule has 1 amide bonds. The van der Waals surface area contributed by atoms with Gasteiger partial charge in [-0.15, -0.1) is 12.4 Å². The molecule has 0 aliphatic heterocycles. The molecule has 7 nitrogen and oxygen atoms in total. The summed E-state index contributed by atoms with van der Waals surface area (Å²) in [5.74, 6) is -3.84. The van der Waals surface area contributed by atoms with Crippen LogP contribution in [-0.4, -0.2) is 34.7 Å². The van der Waals surface area contributed by atoms with Crippen LogP contribution in [0.25, 0.3) is 10.8 Å². The number of halogens is 3. The number of carbonyl (C=O) groups excluding carboxylic acids is 1. The third kappa shape index (κ3) is 4.62. The fourth-order valence-corrected chi connectivity index (χ4v) is 2.01. The number of rotatable bonds is 6. The van der Waals surface area contributed by atoms with E-state index in [0.717, 1.165) is 4.68 Å². The van der Waals surface area contributed by atoms with Crippen LogP contribution in [0.3, 0.4) is 0 Å². The lowest BCUT2D eigenvalue weighted by molar-refractivity contribution is -0.123. The summed E-state index contributed by atoms with van der Waals surface area (Å²) in [5, 5.41) is 4.88. The van der Waals surface area contributed by atoms with Crippen molar-refractivity contribution in [3.05, 3.63) is 45.0 Å². The van der Waals surface area contributed by atoms with Crippen molar-refractivity contribution in [2.75, 3.05) is 13.1 Å². The van der Waals surface area contributed by atoms with E-state index >= 15 is 0 Å². The molecule has 0 aliphatic carbocycles. The van der Waals surface area contributed by atoms with Gasteiger partial charge < -0.3 is 11.1 Å². The van der Waals surface area contributed by atoms with E-state index in [1.807, 2.05) is 5.32 Å². The molecule has 0 saturated heterocycles. The van der Waals surface area contributed by atoms with E-state index in [4.69, 9.17) is 5.73 Å². The van der Waals surface area contributed by atoms with Gasteiger partial charge in [-0.3, -0.25) is 19.5 Å². The summed E-state index contributed by atoms with van der Waals surface area (Å²) < 4.78 is 26.8. The molecule has 0 saturated carbocycles. The topological polar surface area (TPSA) is 110 Å². The van der Waals surface area contributed by atoms with Gasteiger partial charge in [0.1, 0.15) is 0 Å². The third-order valence-corrected chi connectivity index (χ3v) is 3.29. The van der Waals surface area contributed by atoms with E-state index in [0.29, 0.717) is 0 Å². The minimum atomic E-state index is -3.18. The van der Waals surface area contributed by atoms with Gasteiger partial charge in [-0.05, 0) is 12.1 Å². The molecule has 0 radical (unpaired) electrons. The molecule has 24 heavy (non-hydrogen) atoms. The van der Waals surface area contributed by atoms with Gasteiger partial charge in [0.2, 0.25) is 5.91 Å². The lowest BCUT2D eigenvalue weighted by atomic mass is 10.2. The van der Waals surface area contributed by atoms with Crippen molar-refractivity contribution in [3.63, 3.8) is 0 Å². The highest BCUT2D eigenvalue weighted by atomic mass is 35.5. The number of nitrogens with zero attached hydrogens (tertiary/aromatic N) is 1. The molecule has 2 aromatic rings. The summed E-state index contributed by atoms with van der Waals surface area (Å²) in [6, 6.07) is 6.27. The second-order valence-corrected chi connectivity index (χ2v) is 5.03. The van der Waals surface area contributed by atoms with Gasteiger partial charge in [0, 0.05) is 6.42 Å². The number of benzene rings is 1. The number of aryl methyl sites for hydroxylation is 1. The molecule has 10 heteroatoms. The van der Waals surface area contributed by atoms with Gasteiger partial charge in [-0.25, -0.2) is 13.5 Å². The standard InChI is InChI=1S/C14H16F2N4O3.ClH/c15-14(16,7-17)8-18-11(21)5-6-20-13(23)10-4-2-1-3-9(10)12(22)19-20;/h1-4H,5-8,17H2,(H,18,21)(H,19,22);1H. The number of carbonyl (C=O) groups is 1. The summed E-state index contributed by atoms with van der Waals surface area (Å²) >= 11 is 0. The Morgan fingerprint density at radius 1 is 1.25 bits per heavy atom. The number of hydrogen-bond donors (Lipinski definition) is 3. The average molecular weight is 363 g/mol. The Morgan fingerprint density at radius 2 is 1.88 bits per heavy atom. The van der Waals surface area contributed by atoms with E-state index in [2.05, 4.69) is 5.10 Å². The Kier molecular flexibility index (Phi) is 6.61. The van der Waals surface area contributed by atoms with Crippen LogP contribution in [0.2, 0.25) is 0 Å². The van der Waals surface area contributed by atoms with Gasteiger partial charge in [-0.1, -0.05) is 12.1 Å². The molecule has 0 bridgehead atoms. The fourth-order valence-electron chi connectivity index (χ4n) is 2.01. The number of fused-ring (bicyclic) bond motifs is 1. The van der Waals surface area contributed by atoms with Crippen LogP contribution in [0, 0.1) is 0 Å². The number of aromatic nitrogens is 2. The van der Waals surface area contributed by atoms with Crippen LogP contribution in [0.4, 0.5) is 8.78 Å². The highest BCUT2D eigenvalue weighted by Crippen LogP contribution is 2.08. The molecule has 132 valence electrons. The SMILES string of the molecule is Cl.NCC(F)(F)CNC(=O)CCn1[nH]c(=O)c2ccccc2c1=O. The van der Waals surface area contributed by atoms with E-state index < -0.39 is 36.0 Å². The summed E-state index contributed by atoms with van der Waals surface area (Å²) in [7, 11) is 0. The van der Waals surface area contributed by atoms with E-state index in [1.165, 1.54) is 12.1 Å². The Hall–Kier alpha value is -2.26. The first-order chi connectivity index (χ1) is 10.8. The molecule has 0 fully saturated rings. The smallest absolute Gasteiger partial charge is 0.277 e. The highest BCUT2D eigenvalue weighted by molar-refractivity contribution is 5.85. The normalized spacial score (nSPS) is 11.1. The van der Waals surface area contributed by atoms with Gasteiger partial charge in [-0.2, -0.15) is 0 Å². The number of nitrogens with two attached hydrogens (primary N) is 1. The quantitative estimate of drug-likeness (QED) is 0.682. The van der Waals surface area contributed by atoms with Crippen LogP contribution in [-0.2, 0) is 11.3 Å². The Bertz CT molecular complexity index is 835. The number of amides is 1. The second kappa shape index (κ2) is 8.02. The molecular formula is C14H17ClF2N4O3. The monoisotopic (exact) mass is 362 g/mol. The predicted molar refractivity (Wildman–Crippen MR) is 87.7 cm³/mol. The molecule has 0 aliphatic rings. The van der Waals surface area contributed by atoms with Crippen molar-refractivity contribution in [3.8, 4) is 0 Å².